The van der Waals surface area contributed by atoms with Gasteiger partial charge in [-0.2, -0.15) is 0 Å². The number of nitrogens with one attached hydrogen (secondary N) is 1. The van der Waals surface area contributed by atoms with Crippen LogP contribution in [-0.2, 0) is 0 Å². The number of hydrogen-bond acceptors (Lipinski definition) is 5. The van der Waals surface area contributed by atoms with Gasteiger partial charge in [-0.25, -0.2) is 9.97 Å². The molecule has 5 heteroatoms. The quantitative estimate of drug-likeness (QED) is 0.835. The first-order valence-corrected chi connectivity index (χ1v) is 7.52. The topological polar surface area (TPSA) is 63.8 Å². The van der Waals surface area contributed by atoms with Gasteiger partial charge in [0.05, 0.1) is 0 Å². The molecule has 0 bridgehead atoms. The molecular formula is C14H16N4S. The zero-order valence-corrected chi connectivity index (χ0v) is 11.6. The molecule has 1 aromatic heterocycles. The average Bonchev–Trinajstić information content (AvgIpc) is 3.23. The smallest absolute Gasteiger partial charge is 0.136 e. The average molecular weight is 272 g/mol. The van der Waals surface area contributed by atoms with Crippen LogP contribution in [0.1, 0.15) is 24.6 Å². The van der Waals surface area contributed by atoms with E-state index in [0.717, 1.165) is 17.3 Å². The van der Waals surface area contributed by atoms with Crippen LogP contribution in [0.3, 0.4) is 0 Å². The van der Waals surface area contributed by atoms with Crippen molar-refractivity contribution < 1.29 is 0 Å². The summed E-state index contributed by atoms with van der Waals surface area (Å²) in [5.74, 6) is 2.66. The van der Waals surface area contributed by atoms with Gasteiger partial charge in [-0.05, 0) is 43.4 Å². The molecule has 0 amide bonds. The summed E-state index contributed by atoms with van der Waals surface area (Å²) in [4.78, 5) is 10.1. The minimum absolute atomic E-state index is 0.503. The normalized spacial score (nSPS) is 14.4. The van der Waals surface area contributed by atoms with Crippen LogP contribution in [0, 0.1) is 0 Å². The Balaban J connectivity index is 1.81. The van der Waals surface area contributed by atoms with Gasteiger partial charge in [0.15, 0.2) is 0 Å². The van der Waals surface area contributed by atoms with Crippen LogP contribution in [0.25, 0.3) is 0 Å². The van der Waals surface area contributed by atoms with Crippen molar-refractivity contribution in [2.24, 2.45) is 0 Å². The number of nitrogens with zero attached hydrogens (tertiary/aromatic N) is 2. The molecule has 3 N–H and O–H groups in total. The maximum Gasteiger partial charge on any atom is 0.136 e. The Labute approximate surface area is 116 Å². The number of hydrogen-bond donors (Lipinski definition) is 2. The molecule has 1 aliphatic carbocycles. The van der Waals surface area contributed by atoms with Crippen molar-refractivity contribution in [3.63, 3.8) is 0 Å². The summed E-state index contributed by atoms with van der Waals surface area (Å²) in [5.41, 5.74) is 6.84. The van der Waals surface area contributed by atoms with Gasteiger partial charge in [0.1, 0.15) is 17.5 Å². The van der Waals surface area contributed by atoms with E-state index in [1.807, 2.05) is 12.1 Å². The maximum absolute atomic E-state index is 5.83. The van der Waals surface area contributed by atoms with Crippen molar-refractivity contribution in [2.45, 2.75) is 23.7 Å². The van der Waals surface area contributed by atoms with E-state index in [9.17, 15) is 0 Å². The van der Waals surface area contributed by atoms with E-state index >= 15 is 0 Å². The molecule has 0 atom stereocenters. The first-order chi connectivity index (χ1) is 9.24. The molecule has 0 unspecified atom stereocenters. The highest BCUT2D eigenvalue weighted by molar-refractivity contribution is 7.98. The second kappa shape index (κ2) is 5.09. The number of anilines is 3. The standard InChI is InChI=1S/C14H16N4S/c1-19-11-6-4-10(5-7-11)16-13-8-12(15)17-14(18-13)9-2-3-9/h4-9H,2-3H2,1H3,(H3,15,16,17,18). The highest BCUT2D eigenvalue weighted by atomic mass is 32.2. The van der Waals surface area contributed by atoms with Crippen molar-refractivity contribution >= 4 is 29.1 Å². The van der Waals surface area contributed by atoms with Crippen molar-refractivity contribution in [1.82, 2.24) is 9.97 Å². The summed E-state index contributed by atoms with van der Waals surface area (Å²) in [6, 6.07) is 10.0. The van der Waals surface area contributed by atoms with Crippen molar-refractivity contribution in [3.8, 4) is 0 Å². The molecule has 1 aromatic carbocycles. The fourth-order valence-corrected chi connectivity index (χ4v) is 2.30. The minimum Gasteiger partial charge on any atom is -0.384 e. The summed E-state index contributed by atoms with van der Waals surface area (Å²) >= 11 is 1.73. The Hall–Kier alpha value is -1.75. The molecule has 1 aliphatic rings. The summed E-state index contributed by atoms with van der Waals surface area (Å²) in [7, 11) is 0. The van der Waals surface area contributed by atoms with Crippen LogP contribution in [0.4, 0.5) is 17.3 Å². The number of aromatic nitrogens is 2. The second-order valence-corrected chi connectivity index (χ2v) is 5.54. The predicted molar refractivity (Wildman–Crippen MR) is 79.9 cm³/mol. The van der Waals surface area contributed by atoms with Crippen LogP contribution in [-0.4, -0.2) is 16.2 Å². The first-order valence-electron chi connectivity index (χ1n) is 6.30. The molecule has 0 radical (unpaired) electrons. The van der Waals surface area contributed by atoms with Gasteiger partial charge in [0.25, 0.3) is 0 Å². The number of rotatable bonds is 4. The van der Waals surface area contributed by atoms with Gasteiger partial charge >= 0.3 is 0 Å². The summed E-state index contributed by atoms with van der Waals surface area (Å²) < 4.78 is 0. The molecule has 1 saturated carbocycles. The zero-order valence-electron chi connectivity index (χ0n) is 10.8. The van der Waals surface area contributed by atoms with Gasteiger partial charge in [0, 0.05) is 22.6 Å². The van der Waals surface area contributed by atoms with Crippen LogP contribution in [0.15, 0.2) is 35.2 Å². The third kappa shape index (κ3) is 2.98. The minimum atomic E-state index is 0.503. The Bertz CT molecular complexity index is 578. The molecule has 98 valence electrons. The Kier molecular flexibility index (Phi) is 3.29. The molecule has 0 saturated heterocycles. The van der Waals surface area contributed by atoms with Gasteiger partial charge in [-0.15, -0.1) is 11.8 Å². The largest absolute Gasteiger partial charge is 0.384 e. The molecule has 3 rings (SSSR count). The van der Waals surface area contributed by atoms with E-state index in [0.29, 0.717) is 11.7 Å². The third-order valence-electron chi connectivity index (χ3n) is 3.07. The molecule has 19 heavy (non-hydrogen) atoms. The van der Waals surface area contributed by atoms with Crippen molar-refractivity contribution in [2.75, 3.05) is 17.3 Å². The van der Waals surface area contributed by atoms with E-state index in [1.54, 1.807) is 17.8 Å². The molecule has 0 aliphatic heterocycles. The van der Waals surface area contributed by atoms with Crippen molar-refractivity contribution in [1.29, 1.82) is 0 Å². The van der Waals surface area contributed by atoms with E-state index in [2.05, 4.69) is 33.7 Å². The lowest BCUT2D eigenvalue weighted by molar-refractivity contribution is 0.936. The number of benzene rings is 1. The van der Waals surface area contributed by atoms with Gasteiger partial charge in [0.2, 0.25) is 0 Å². The van der Waals surface area contributed by atoms with Crippen molar-refractivity contribution in [3.05, 3.63) is 36.2 Å². The number of nitrogens with two attached hydrogens (primary N) is 1. The lowest BCUT2D eigenvalue weighted by Gasteiger charge is -2.08. The number of thioether (sulfide) groups is 1. The van der Waals surface area contributed by atoms with E-state index in [4.69, 9.17) is 5.73 Å². The lowest BCUT2D eigenvalue weighted by Crippen LogP contribution is -2.02. The SMILES string of the molecule is CSc1ccc(Nc2cc(N)nc(C3CC3)n2)cc1. The van der Waals surface area contributed by atoms with Crippen LogP contribution in [0.5, 0.6) is 0 Å². The Morgan fingerprint density at radius 3 is 2.58 bits per heavy atom. The highest BCUT2D eigenvalue weighted by Gasteiger charge is 2.27. The molecule has 1 fully saturated rings. The summed E-state index contributed by atoms with van der Waals surface area (Å²) in [5, 5.41) is 3.28. The molecular weight excluding hydrogens is 256 g/mol. The number of nitrogen functional groups attached to an aromatic ring is 1. The van der Waals surface area contributed by atoms with E-state index < -0.39 is 0 Å². The van der Waals surface area contributed by atoms with Crippen LogP contribution < -0.4 is 11.1 Å². The van der Waals surface area contributed by atoms with Crippen LogP contribution >= 0.6 is 11.8 Å². The highest BCUT2D eigenvalue weighted by Crippen LogP contribution is 2.38. The predicted octanol–water partition coefficient (Wildman–Crippen LogP) is 3.40. The van der Waals surface area contributed by atoms with E-state index in [1.165, 1.54) is 17.7 Å². The maximum atomic E-state index is 5.83. The Morgan fingerprint density at radius 1 is 1.21 bits per heavy atom. The fraction of sp³-hybridized carbons (Fsp3) is 0.286. The monoisotopic (exact) mass is 272 g/mol. The molecule has 0 spiro atoms. The van der Waals surface area contributed by atoms with Gasteiger partial charge in [-0.3, -0.25) is 0 Å². The Morgan fingerprint density at radius 2 is 1.95 bits per heavy atom. The molecule has 4 nitrogen and oxygen atoms in total. The molecule has 2 aromatic rings. The first kappa shape index (κ1) is 12.3. The van der Waals surface area contributed by atoms with Gasteiger partial charge in [-0.1, -0.05) is 0 Å². The second-order valence-electron chi connectivity index (χ2n) is 4.66. The lowest BCUT2D eigenvalue weighted by atomic mass is 10.3. The van der Waals surface area contributed by atoms with Gasteiger partial charge < -0.3 is 11.1 Å². The van der Waals surface area contributed by atoms with E-state index in [-0.39, 0.29) is 0 Å². The van der Waals surface area contributed by atoms with Crippen LogP contribution in [0.2, 0.25) is 0 Å². The summed E-state index contributed by atoms with van der Waals surface area (Å²) in [6.07, 6.45) is 4.41. The summed E-state index contributed by atoms with van der Waals surface area (Å²) in [6.45, 7) is 0. The zero-order chi connectivity index (χ0) is 13.2. The molecule has 1 heterocycles. The third-order valence-corrected chi connectivity index (χ3v) is 3.81. The fourth-order valence-electron chi connectivity index (χ4n) is 1.90.